The highest BCUT2D eigenvalue weighted by atomic mass is 32.2. The Morgan fingerprint density at radius 3 is 2.67 bits per heavy atom. The molecule has 0 aliphatic carbocycles. The maximum Gasteiger partial charge on any atom is 0.222 e. The van der Waals surface area contributed by atoms with Crippen molar-refractivity contribution in [2.24, 2.45) is 0 Å². The van der Waals surface area contributed by atoms with Crippen LogP contribution in [0, 0.1) is 0 Å². The quantitative estimate of drug-likeness (QED) is 0.811. The molecule has 134 valence electrons. The van der Waals surface area contributed by atoms with E-state index in [2.05, 4.69) is 4.90 Å². The second kappa shape index (κ2) is 7.17. The van der Waals surface area contributed by atoms with Crippen LogP contribution >= 0.6 is 0 Å². The second-order valence-electron chi connectivity index (χ2n) is 6.72. The molecule has 1 aromatic heterocycles. The average molecular weight is 354 g/mol. The van der Waals surface area contributed by atoms with Gasteiger partial charge in [-0.1, -0.05) is 6.92 Å². The summed E-state index contributed by atoms with van der Waals surface area (Å²) in [5.74, 6) is 1.79. The van der Waals surface area contributed by atoms with Gasteiger partial charge in [0.05, 0.1) is 18.1 Å². The number of piperidine rings is 1. The topological polar surface area (TPSA) is 70.8 Å². The summed E-state index contributed by atoms with van der Waals surface area (Å²) in [5, 5.41) is 0. The largest absolute Gasteiger partial charge is 0.444 e. The van der Waals surface area contributed by atoms with Crippen LogP contribution < -0.4 is 4.90 Å². The zero-order valence-corrected chi connectivity index (χ0v) is 15.1. The number of sulfone groups is 1. The average Bonchev–Trinajstić information content (AvgIpc) is 3.19. The van der Waals surface area contributed by atoms with Gasteiger partial charge in [0.2, 0.25) is 5.91 Å². The molecule has 3 heterocycles. The monoisotopic (exact) mass is 354 g/mol. The Bertz CT molecular complexity index is 677. The van der Waals surface area contributed by atoms with Crippen LogP contribution in [0.3, 0.4) is 0 Å². The van der Waals surface area contributed by atoms with Crippen molar-refractivity contribution < 1.29 is 17.6 Å². The molecule has 6 nitrogen and oxygen atoms in total. The third kappa shape index (κ3) is 3.94. The first-order chi connectivity index (χ1) is 11.5. The van der Waals surface area contributed by atoms with Crippen LogP contribution in [-0.2, 0) is 21.2 Å². The number of hydrogen-bond acceptors (Lipinski definition) is 5. The Hall–Kier alpha value is -1.50. The van der Waals surface area contributed by atoms with Crippen LogP contribution in [0.1, 0.15) is 44.8 Å². The predicted molar refractivity (Wildman–Crippen MR) is 92.7 cm³/mol. The number of furan rings is 1. The van der Waals surface area contributed by atoms with Gasteiger partial charge in [-0.15, -0.1) is 0 Å². The van der Waals surface area contributed by atoms with Crippen LogP contribution in [0.15, 0.2) is 16.5 Å². The van der Waals surface area contributed by atoms with Crippen molar-refractivity contribution in [1.29, 1.82) is 0 Å². The minimum absolute atomic E-state index is 0.0203. The predicted octanol–water partition coefficient (Wildman–Crippen LogP) is 2.20. The van der Waals surface area contributed by atoms with Gasteiger partial charge in [-0.2, -0.15) is 0 Å². The molecule has 2 fully saturated rings. The number of anilines is 1. The molecule has 0 aromatic carbocycles. The summed E-state index contributed by atoms with van der Waals surface area (Å²) in [5.41, 5.74) is 0. The van der Waals surface area contributed by atoms with E-state index in [-0.39, 0.29) is 23.5 Å². The Morgan fingerprint density at radius 1 is 1.29 bits per heavy atom. The molecule has 1 unspecified atom stereocenters. The van der Waals surface area contributed by atoms with Crippen LogP contribution in [0.2, 0.25) is 0 Å². The molecule has 2 saturated heterocycles. The summed E-state index contributed by atoms with van der Waals surface area (Å²) in [6.45, 7) is 4.16. The van der Waals surface area contributed by atoms with E-state index in [4.69, 9.17) is 4.42 Å². The van der Waals surface area contributed by atoms with E-state index in [1.54, 1.807) is 11.8 Å². The fraction of sp³-hybridized carbons (Fsp3) is 0.706. The molecule has 0 N–H and O–H groups in total. The van der Waals surface area contributed by atoms with Crippen LogP contribution in [-0.4, -0.2) is 49.9 Å². The van der Waals surface area contributed by atoms with Crippen molar-refractivity contribution in [2.75, 3.05) is 29.5 Å². The van der Waals surface area contributed by atoms with E-state index >= 15 is 0 Å². The van der Waals surface area contributed by atoms with Crippen molar-refractivity contribution >= 4 is 21.6 Å². The highest BCUT2D eigenvalue weighted by Crippen LogP contribution is 2.26. The molecule has 2 aliphatic heterocycles. The van der Waals surface area contributed by atoms with Gasteiger partial charge in [0.1, 0.15) is 5.76 Å². The molecule has 1 aromatic rings. The minimum atomic E-state index is -3.02. The lowest BCUT2D eigenvalue weighted by atomic mass is 10.1. The lowest BCUT2D eigenvalue weighted by Crippen LogP contribution is -2.40. The zero-order valence-electron chi connectivity index (χ0n) is 14.2. The Morgan fingerprint density at radius 2 is 2.04 bits per heavy atom. The van der Waals surface area contributed by atoms with Gasteiger partial charge in [0.25, 0.3) is 0 Å². The standard InChI is InChI=1S/C17H26N2O4S/c1-2-16(20)19(14-8-11-24(21,22)13-14)12-15-6-7-17(23-15)18-9-4-3-5-10-18/h6-7,14H,2-5,8-13H2,1H3. The summed E-state index contributed by atoms with van der Waals surface area (Å²) < 4.78 is 29.4. The molecule has 3 rings (SSSR count). The first kappa shape index (κ1) is 17.3. The van der Waals surface area contributed by atoms with Crippen molar-refractivity contribution in [1.82, 2.24) is 4.90 Å². The van der Waals surface area contributed by atoms with Gasteiger partial charge in [-0.25, -0.2) is 8.42 Å². The van der Waals surface area contributed by atoms with Crippen LogP contribution in [0.5, 0.6) is 0 Å². The fourth-order valence-corrected chi connectivity index (χ4v) is 5.28. The molecule has 0 bridgehead atoms. The first-order valence-corrected chi connectivity index (χ1v) is 10.6. The van der Waals surface area contributed by atoms with Crippen molar-refractivity contribution in [3.63, 3.8) is 0 Å². The smallest absolute Gasteiger partial charge is 0.222 e. The minimum Gasteiger partial charge on any atom is -0.444 e. The lowest BCUT2D eigenvalue weighted by molar-refractivity contribution is -0.133. The van der Waals surface area contributed by atoms with Gasteiger partial charge >= 0.3 is 0 Å². The van der Waals surface area contributed by atoms with Crippen molar-refractivity contribution in [2.45, 2.75) is 51.6 Å². The first-order valence-electron chi connectivity index (χ1n) is 8.82. The highest BCUT2D eigenvalue weighted by Gasteiger charge is 2.34. The summed E-state index contributed by atoms with van der Waals surface area (Å²) >= 11 is 0. The Kier molecular flexibility index (Phi) is 5.18. The van der Waals surface area contributed by atoms with Gasteiger partial charge in [-0.05, 0) is 31.7 Å². The normalized spacial score (nSPS) is 23.4. The molecule has 0 saturated carbocycles. The molecule has 1 atom stereocenters. The molecule has 2 aliphatic rings. The SMILES string of the molecule is CCC(=O)N(Cc1ccc(N2CCCCC2)o1)C1CCS(=O)(=O)C1. The van der Waals surface area contributed by atoms with E-state index in [0.29, 0.717) is 19.4 Å². The van der Waals surface area contributed by atoms with E-state index in [1.165, 1.54) is 19.3 Å². The summed E-state index contributed by atoms with van der Waals surface area (Å²) in [6.07, 6.45) is 4.51. The van der Waals surface area contributed by atoms with E-state index in [1.807, 2.05) is 12.1 Å². The molecule has 0 radical (unpaired) electrons. The second-order valence-corrected chi connectivity index (χ2v) is 8.95. The number of carbonyl (C=O) groups is 1. The molecular formula is C17H26N2O4S. The van der Waals surface area contributed by atoms with E-state index in [0.717, 1.165) is 24.7 Å². The van der Waals surface area contributed by atoms with Gasteiger partial charge < -0.3 is 14.2 Å². The van der Waals surface area contributed by atoms with Crippen LogP contribution in [0.4, 0.5) is 5.88 Å². The van der Waals surface area contributed by atoms with Crippen molar-refractivity contribution in [3.8, 4) is 0 Å². The van der Waals surface area contributed by atoms with Gasteiger partial charge in [0, 0.05) is 31.6 Å². The highest BCUT2D eigenvalue weighted by molar-refractivity contribution is 7.91. The maximum atomic E-state index is 12.3. The number of nitrogens with zero attached hydrogens (tertiary/aromatic N) is 2. The Balaban J connectivity index is 1.71. The zero-order chi connectivity index (χ0) is 17.2. The molecular weight excluding hydrogens is 328 g/mol. The third-order valence-corrected chi connectivity index (χ3v) is 6.66. The van der Waals surface area contributed by atoms with Crippen molar-refractivity contribution in [3.05, 3.63) is 17.9 Å². The molecule has 7 heteroatoms. The Labute approximate surface area is 143 Å². The van der Waals surface area contributed by atoms with Gasteiger partial charge in [-0.3, -0.25) is 4.79 Å². The van der Waals surface area contributed by atoms with Gasteiger partial charge in [0.15, 0.2) is 15.7 Å². The van der Waals surface area contributed by atoms with E-state index in [9.17, 15) is 13.2 Å². The summed E-state index contributed by atoms with van der Waals surface area (Å²) in [6, 6.07) is 3.63. The number of rotatable bonds is 5. The third-order valence-electron chi connectivity index (χ3n) is 4.91. The maximum absolute atomic E-state index is 12.3. The number of amides is 1. The van der Waals surface area contributed by atoms with E-state index < -0.39 is 9.84 Å². The molecule has 1 amide bonds. The number of hydrogen-bond donors (Lipinski definition) is 0. The fourth-order valence-electron chi connectivity index (χ4n) is 3.55. The lowest BCUT2D eigenvalue weighted by Gasteiger charge is -2.28. The summed E-state index contributed by atoms with van der Waals surface area (Å²) in [7, 11) is -3.02. The summed E-state index contributed by atoms with van der Waals surface area (Å²) in [4.78, 5) is 16.2. The number of carbonyl (C=O) groups excluding carboxylic acids is 1. The van der Waals surface area contributed by atoms with Crippen LogP contribution in [0.25, 0.3) is 0 Å². The molecule has 0 spiro atoms. The molecule has 24 heavy (non-hydrogen) atoms.